The number of benzene rings is 2. The number of aromatic nitrogens is 2. The summed E-state index contributed by atoms with van der Waals surface area (Å²) < 4.78 is 2.48. The number of imidazole rings is 1. The molecule has 1 saturated carbocycles. The standard InChI is InChI=1S/C30H39N5O/c1-21-32-26-11-5-6-12-27(26)35(21)24-19-23-13-17-29(20-24,34-23)18-14-25(22-9-3-2-4-10-22)33-28(36)30(31)15-7-8-16-30/h2-6,9-12,23-25,34H,7-8,13-20,31H2,1H3,(H,33,36)/t23?,24?,25-,29?/m0/s1. The molecule has 0 spiro atoms. The summed E-state index contributed by atoms with van der Waals surface area (Å²) in [6, 6.07) is 19.9. The Morgan fingerprint density at radius 1 is 1.14 bits per heavy atom. The van der Waals surface area contributed by atoms with Crippen LogP contribution in [0.5, 0.6) is 0 Å². The second-order valence-corrected chi connectivity index (χ2v) is 11.6. The monoisotopic (exact) mass is 485 g/mol. The highest BCUT2D eigenvalue weighted by Gasteiger charge is 2.46. The third-order valence-electron chi connectivity index (χ3n) is 9.17. The Balaban J connectivity index is 1.22. The number of fused-ring (bicyclic) bond motifs is 3. The van der Waals surface area contributed by atoms with Crippen molar-refractivity contribution in [2.45, 2.75) is 100 Å². The van der Waals surface area contributed by atoms with Crippen LogP contribution in [0.15, 0.2) is 54.6 Å². The molecule has 3 aliphatic rings. The number of nitrogens with zero attached hydrogens (tertiary/aromatic N) is 2. The molecule has 2 aromatic carbocycles. The van der Waals surface area contributed by atoms with Crippen molar-refractivity contribution in [2.24, 2.45) is 5.73 Å². The Bertz CT molecular complexity index is 1230. The average molecular weight is 486 g/mol. The zero-order valence-electron chi connectivity index (χ0n) is 21.4. The summed E-state index contributed by atoms with van der Waals surface area (Å²) in [7, 11) is 0. The molecule has 6 nitrogen and oxygen atoms in total. The number of nitrogens with one attached hydrogen (secondary N) is 2. The van der Waals surface area contributed by atoms with Crippen molar-refractivity contribution in [3.05, 3.63) is 66.0 Å². The van der Waals surface area contributed by atoms with Crippen molar-refractivity contribution in [2.75, 3.05) is 0 Å². The van der Waals surface area contributed by atoms with Gasteiger partial charge in [-0.2, -0.15) is 0 Å². The van der Waals surface area contributed by atoms with Gasteiger partial charge in [-0.1, -0.05) is 55.3 Å². The number of hydrogen-bond acceptors (Lipinski definition) is 4. The predicted octanol–water partition coefficient (Wildman–Crippen LogP) is 5.08. The Morgan fingerprint density at radius 3 is 2.69 bits per heavy atom. The van der Waals surface area contributed by atoms with Crippen LogP contribution in [0.4, 0.5) is 0 Å². The number of aryl methyl sites for hydroxylation is 1. The zero-order chi connectivity index (χ0) is 24.8. The maximum atomic E-state index is 13.3. The fourth-order valence-corrected chi connectivity index (χ4v) is 7.31. The molecule has 6 heteroatoms. The van der Waals surface area contributed by atoms with Crippen LogP contribution in [0.2, 0.25) is 0 Å². The van der Waals surface area contributed by atoms with Crippen LogP contribution in [0.3, 0.4) is 0 Å². The predicted molar refractivity (Wildman–Crippen MR) is 144 cm³/mol. The summed E-state index contributed by atoms with van der Waals surface area (Å²) in [4.78, 5) is 18.1. The highest BCUT2D eigenvalue weighted by molar-refractivity contribution is 5.86. The number of carbonyl (C=O) groups is 1. The van der Waals surface area contributed by atoms with Crippen LogP contribution >= 0.6 is 0 Å². The van der Waals surface area contributed by atoms with E-state index in [1.807, 2.05) is 6.07 Å². The molecule has 2 bridgehead atoms. The first-order valence-electron chi connectivity index (χ1n) is 13.8. The molecule has 1 amide bonds. The molecule has 3 fully saturated rings. The molecule has 0 radical (unpaired) electrons. The van der Waals surface area contributed by atoms with Gasteiger partial charge in [-0.15, -0.1) is 0 Å². The molecule has 3 unspecified atom stereocenters. The van der Waals surface area contributed by atoms with Gasteiger partial charge < -0.3 is 20.9 Å². The van der Waals surface area contributed by atoms with Gasteiger partial charge in [-0.05, 0) is 76.0 Å². The summed E-state index contributed by atoms with van der Waals surface area (Å²) in [5, 5.41) is 7.39. The maximum absolute atomic E-state index is 13.3. The number of nitrogens with two attached hydrogens (primary N) is 1. The third kappa shape index (κ3) is 4.35. The van der Waals surface area contributed by atoms with E-state index in [4.69, 9.17) is 10.7 Å². The first-order valence-corrected chi connectivity index (χ1v) is 13.8. The fraction of sp³-hybridized carbons (Fsp3) is 0.533. The van der Waals surface area contributed by atoms with Crippen LogP contribution < -0.4 is 16.4 Å². The molecule has 1 aromatic heterocycles. The Hall–Kier alpha value is -2.70. The summed E-state index contributed by atoms with van der Waals surface area (Å²) in [5.74, 6) is 1.13. The van der Waals surface area contributed by atoms with Gasteiger partial charge in [-0.25, -0.2) is 4.98 Å². The normalized spacial score (nSPS) is 27.8. The lowest BCUT2D eigenvalue weighted by Gasteiger charge is -2.41. The van der Waals surface area contributed by atoms with E-state index in [1.54, 1.807) is 0 Å². The van der Waals surface area contributed by atoms with Crippen LogP contribution in [0, 0.1) is 6.92 Å². The fourth-order valence-electron chi connectivity index (χ4n) is 7.31. The highest BCUT2D eigenvalue weighted by Crippen LogP contribution is 2.45. The number of rotatable bonds is 7. The lowest BCUT2D eigenvalue weighted by Crippen LogP contribution is -2.53. The van der Waals surface area contributed by atoms with Crippen molar-refractivity contribution >= 4 is 16.9 Å². The van der Waals surface area contributed by atoms with Gasteiger partial charge in [0, 0.05) is 17.6 Å². The van der Waals surface area contributed by atoms with E-state index in [-0.39, 0.29) is 17.5 Å². The average Bonchev–Trinajstić information content (AvgIpc) is 3.57. The van der Waals surface area contributed by atoms with Crippen molar-refractivity contribution in [1.29, 1.82) is 0 Å². The molecular formula is C30H39N5O. The summed E-state index contributed by atoms with van der Waals surface area (Å²) >= 11 is 0. The Morgan fingerprint density at radius 2 is 1.89 bits per heavy atom. The van der Waals surface area contributed by atoms with Crippen molar-refractivity contribution < 1.29 is 4.79 Å². The highest BCUT2D eigenvalue weighted by atomic mass is 16.2. The number of carbonyl (C=O) groups excluding carboxylic acids is 1. The van der Waals surface area contributed by atoms with Crippen LogP contribution in [0.25, 0.3) is 11.0 Å². The molecule has 36 heavy (non-hydrogen) atoms. The van der Waals surface area contributed by atoms with E-state index in [2.05, 4.69) is 70.7 Å². The SMILES string of the molecule is Cc1nc2ccccc2n1C1CC2CCC(CC[C@H](NC(=O)C3(N)CCCC3)c3ccccc3)(C1)N2. The molecule has 190 valence electrons. The topological polar surface area (TPSA) is 85.0 Å². The molecule has 4 atom stereocenters. The quantitative estimate of drug-likeness (QED) is 0.436. The minimum atomic E-state index is -0.710. The van der Waals surface area contributed by atoms with Crippen molar-refractivity contribution in [3.63, 3.8) is 0 Å². The number of para-hydroxylation sites is 2. The van der Waals surface area contributed by atoms with Gasteiger partial charge in [0.1, 0.15) is 5.82 Å². The molecule has 3 heterocycles. The molecule has 4 N–H and O–H groups in total. The molecule has 3 aromatic rings. The molecule has 2 saturated heterocycles. The van der Waals surface area contributed by atoms with E-state index in [0.717, 1.165) is 62.7 Å². The van der Waals surface area contributed by atoms with Gasteiger partial charge in [0.05, 0.1) is 22.6 Å². The zero-order valence-corrected chi connectivity index (χ0v) is 21.4. The number of piperidine rings is 1. The first-order chi connectivity index (χ1) is 17.4. The second kappa shape index (κ2) is 9.31. The van der Waals surface area contributed by atoms with Crippen LogP contribution in [0.1, 0.15) is 87.7 Å². The lowest BCUT2D eigenvalue weighted by atomic mass is 9.81. The minimum Gasteiger partial charge on any atom is -0.348 e. The van der Waals surface area contributed by atoms with E-state index >= 15 is 0 Å². The van der Waals surface area contributed by atoms with Crippen molar-refractivity contribution in [3.8, 4) is 0 Å². The molecule has 2 aliphatic heterocycles. The number of hydrogen-bond donors (Lipinski definition) is 3. The van der Waals surface area contributed by atoms with Gasteiger partial charge in [0.25, 0.3) is 0 Å². The molecular weight excluding hydrogens is 446 g/mol. The van der Waals surface area contributed by atoms with Crippen LogP contribution in [-0.2, 0) is 4.79 Å². The Kier molecular flexibility index (Phi) is 6.12. The summed E-state index contributed by atoms with van der Waals surface area (Å²) in [6.07, 6.45) is 10.2. The van der Waals surface area contributed by atoms with Gasteiger partial charge in [0.2, 0.25) is 5.91 Å². The molecule has 1 aliphatic carbocycles. The van der Waals surface area contributed by atoms with Gasteiger partial charge >= 0.3 is 0 Å². The van der Waals surface area contributed by atoms with Crippen molar-refractivity contribution in [1.82, 2.24) is 20.2 Å². The summed E-state index contributed by atoms with van der Waals surface area (Å²) in [5.41, 5.74) is 9.41. The van der Waals surface area contributed by atoms with E-state index < -0.39 is 5.54 Å². The lowest BCUT2D eigenvalue weighted by molar-refractivity contribution is -0.127. The van der Waals surface area contributed by atoms with Gasteiger partial charge in [-0.3, -0.25) is 4.79 Å². The first kappa shape index (κ1) is 23.7. The van der Waals surface area contributed by atoms with E-state index in [1.165, 1.54) is 23.9 Å². The van der Waals surface area contributed by atoms with Crippen LogP contribution in [-0.4, -0.2) is 32.6 Å². The van der Waals surface area contributed by atoms with E-state index in [9.17, 15) is 4.79 Å². The third-order valence-corrected chi connectivity index (χ3v) is 9.17. The van der Waals surface area contributed by atoms with E-state index in [0.29, 0.717) is 12.1 Å². The largest absolute Gasteiger partial charge is 0.348 e. The summed E-state index contributed by atoms with van der Waals surface area (Å²) in [6.45, 7) is 2.14. The molecule has 6 rings (SSSR count). The second-order valence-electron chi connectivity index (χ2n) is 11.6. The maximum Gasteiger partial charge on any atom is 0.240 e. The number of amides is 1. The van der Waals surface area contributed by atoms with Gasteiger partial charge in [0.15, 0.2) is 0 Å². The Labute approximate surface area is 214 Å². The smallest absolute Gasteiger partial charge is 0.240 e. The minimum absolute atomic E-state index is 0.0191.